The van der Waals surface area contributed by atoms with Gasteiger partial charge in [-0.3, -0.25) is 9.36 Å². The molecule has 3 rings (SSSR count). The topological polar surface area (TPSA) is 69.0 Å². The minimum absolute atomic E-state index is 0.149. The third-order valence-electron chi connectivity index (χ3n) is 4.77. The summed E-state index contributed by atoms with van der Waals surface area (Å²) < 4.78 is 44.1. The zero-order valence-corrected chi connectivity index (χ0v) is 16.9. The average molecular weight is 428 g/mol. The normalized spacial score (nSPS) is 15.3. The SMILES string of the molecule is COc1ccc(-c2nnc(SCC(=O)NCC(F)(F)F)n2C2CCCCC2)cc1. The maximum atomic E-state index is 12.3. The predicted octanol–water partition coefficient (Wildman–Crippen LogP) is 4.23. The fraction of sp³-hybridized carbons (Fsp3) is 0.526. The molecule has 1 heterocycles. The standard InChI is InChI=1S/C19H23F3N4O2S/c1-28-15-9-7-13(8-10-15)17-24-25-18(26(17)14-5-3-2-4-6-14)29-11-16(27)23-12-19(20,21)22/h7-10,14H,2-6,11-12H2,1H3,(H,23,27). The van der Waals surface area contributed by atoms with Gasteiger partial charge >= 0.3 is 6.18 Å². The summed E-state index contributed by atoms with van der Waals surface area (Å²) in [5.41, 5.74) is 0.872. The number of rotatable bonds is 7. The number of alkyl halides is 3. The van der Waals surface area contributed by atoms with Crippen molar-refractivity contribution in [3.05, 3.63) is 24.3 Å². The Balaban J connectivity index is 1.79. The van der Waals surface area contributed by atoms with Crippen molar-refractivity contribution in [3.63, 3.8) is 0 Å². The molecule has 158 valence electrons. The van der Waals surface area contributed by atoms with Gasteiger partial charge in [0, 0.05) is 11.6 Å². The molecule has 0 atom stereocenters. The Hall–Kier alpha value is -2.23. The van der Waals surface area contributed by atoms with Crippen molar-refractivity contribution < 1.29 is 22.7 Å². The molecule has 6 nitrogen and oxygen atoms in total. The van der Waals surface area contributed by atoms with E-state index in [-0.39, 0.29) is 11.8 Å². The minimum atomic E-state index is -4.43. The van der Waals surface area contributed by atoms with E-state index in [1.807, 2.05) is 34.1 Å². The number of carbonyl (C=O) groups excluding carboxylic acids is 1. The van der Waals surface area contributed by atoms with Crippen LogP contribution in [0.15, 0.2) is 29.4 Å². The lowest BCUT2D eigenvalue weighted by Crippen LogP contribution is -2.34. The third-order valence-corrected chi connectivity index (χ3v) is 5.71. The number of amides is 1. The van der Waals surface area contributed by atoms with Crippen molar-refractivity contribution in [3.8, 4) is 17.1 Å². The monoisotopic (exact) mass is 428 g/mol. The molecule has 1 N–H and O–H groups in total. The van der Waals surface area contributed by atoms with Gasteiger partial charge in [0.1, 0.15) is 12.3 Å². The summed E-state index contributed by atoms with van der Waals surface area (Å²) in [4.78, 5) is 11.8. The van der Waals surface area contributed by atoms with Gasteiger partial charge in [0.2, 0.25) is 5.91 Å². The van der Waals surface area contributed by atoms with Gasteiger partial charge < -0.3 is 10.1 Å². The second-order valence-corrected chi connectivity index (χ2v) is 7.82. The van der Waals surface area contributed by atoms with E-state index in [0.29, 0.717) is 11.0 Å². The number of nitrogens with zero attached hydrogens (tertiary/aromatic N) is 3. The summed E-state index contributed by atoms with van der Waals surface area (Å²) in [6.45, 7) is -1.33. The molecule has 0 spiro atoms. The van der Waals surface area contributed by atoms with Gasteiger partial charge in [-0.15, -0.1) is 10.2 Å². The first kappa shape index (κ1) is 21.5. The van der Waals surface area contributed by atoms with E-state index in [1.165, 1.54) is 6.42 Å². The van der Waals surface area contributed by atoms with Crippen LogP contribution in [0, 0.1) is 0 Å². The van der Waals surface area contributed by atoms with Crippen LogP contribution in [0.2, 0.25) is 0 Å². The van der Waals surface area contributed by atoms with E-state index >= 15 is 0 Å². The molecule has 1 saturated carbocycles. The second-order valence-electron chi connectivity index (χ2n) is 6.88. The number of nitrogens with one attached hydrogen (secondary N) is 1. The first-order chi connectivity index (χ1) is 13.9. The number of hydrogen-bond acceptors (Lipinski definition) is 5. The highest BCUT2D eigenvalue weighted by molar-refractivity contribution is 7.99. The average Bonchev–Trinajstić information content (AvgIpc) is 3.15. The number of ether oxygens (including phenoxy) is 1. The first-order valence-corrected chi connectivity index (χ1v) is 10.4. The lowest BCUT2D eigenvalue weighted by molar-refractivity contribution is -0.136. The molecule has 0 aliphatic heterocycles. The Morgan fingerprint density at radius 3 is 2.52 bits per heavy atom. The maximum Gasteiger partial charge on any atom is 0.405 e. The molecule has 29 heavy (non-hydrogen) atoms. The van der Waals surface area contributed by atoms with Crippen LogP contribution in [0.3, 0.4) is 0 Å². The maximum absolute atomic E-state index is 12.3. The van der Waals surface area contributed by atoms with E-state index < -0.39 is 18.6 Å². The summed E-state index contributed by atoms with van der Waals surface area (Å²) in [6.07, 6.45) is 0.912. The molecule has 2 aromatic rings. The van der Waals surface area contributed by atoms with Gasteiger partial charge in [0.15, 0.2) is 11.0 Å². The zero-order valence-electron chi connectivity index (χ0n) is 16.0. The summed E-state index contributed by atoms with van der Waals surface area (Å²) >= 11 is 1.11. The molecule has 1 aliphatic carbocycles. The van der Waals surface area contributed by atoms with E-state index in [1.54, 1.807) is 7.11 Å². The van der Waals surface area contributed by atoms with E-state index in [9.17, 15) is 18.0 Å². The molecule has 1 aliphatic rings. The van der Waals surface area contributed by atoms with Gasteiger partial charge in [-0.25, -0.2) is 0 Å². The van der Waals surface area contributed by atoms with Crippen LogP contribution < -0.4 is 10.1 Å². The highest BCUT2D eigenvalue weighted by Gasteiger charge is 2.28. The van der Waals surface area contributed by atoms with Gasteiger partial charge in [-0.2, -0.15) is 13.2 Å². The Labute approximate surface area is 171 Å². The number of benzene rings is 1. The molecule has 0 radical (unpaired) electrons. The Kier molecular flexibility index (Phi) is 7.05. The molecule has 0 unspecified atom stereocenters. The van der Waals surface area contributed by atoms with Crippen molar-refractivity contribution in [2.75, 3.05) is 19.4 Å². The third kappa shape index (κ3) is 5.88. The van der Waals surface area contributed by atoms with Crippen LogP contribution >= 0.6 is 11.8 Å². The quantitative estimate of drug-likeness (QED) is 0.669. The molecule has 1 amide bonds. The van der Waals surface area contributed by atoms with Crippen molar-refractivity contribution in [2.45, 2.75) is 49.5 Å². The fourth-order valence-corrected chi connectivity index (χ4v) is 4.20. The number of methoxy groups -OCH3 is 1. The molecule has 0 saturated heterocycles. The molecule has 0 bridgehead atoms. The fourth-order valence-electron chi connectivity index (χ4n) is 3.36. The molecular formula is C19H23F3N4O2S. The van der Waals surface area contributed by atoms with Crippen LogP contribution in [0.4, 0.5) is 13.2 Å². The smallest absolute Gasteiger partial charge is 0.405 e. The number of halogens is 3. The van der Waals surface area contributed by atoms with Crippen molar-refractivity contribution in [1.29, 1.82) is 0 Å². The second kappa shape index (κ2) is 9.51. The Bertz CT molecular complexity index is 818. The van der Waals surface area contributed by atoms with Crippen LogP contribution in [-0.2, 0) is 4.79 Å². The first-order valence-electron chi connectivity index (χ1n) is 9.43. The van der Waals surface area contributed by atoms with Gasteiger partial charge in [-0.05, 0) is 37.1 Å². The van der Waals surface area contributed by atoms with Crippen molar-refractivity contribution in [2.24, 2.45) is 0 Å². The number of aromatic nitrogens is 3. The van der Waals surface area contributed by atoms with Crippen molar-refractivity contribution in [1.82, 2.24) is 20.1 Å². The summed E-state index contributed by atoms with van der Waals surface area (Å²) in [7, 11) is 1.60. The van der Waals surface area contributed by atoms with Gasteiger partial charge in [-0.1, -0.05) is 31.0 Å². The van der Waals surface area contributed by atoms with E-state index in [0.717, 1.165) is 48.8 Å². The van der Waals surface area contributed by atoms with Crippen LogP contribution in [-0.4, -0.2) is 46.3 Å². The molecular weight excluding hydrogens is 405 g/mol. The zero-order chi connectivity index (χ0) is 20.9. The lowest BCUT2D eigenvalue weighted by Gasteiger charge is -2.25. The van der Waals surface area contributed by atoms with Crippen LogP contribution in [0.1, 0.15) is 38.1 Å². The predicted molar refractivity (Wildman–Crippen MR) is 104 cm³/mol. The summed E-state index contributed by atoms with van der Waals surface area (Å²) in [5.74, 6) is 0.589. The lowest BCUT2D eigenvalue weighted by atomic mass is 9.95. The highest BCUT2D eigenvalue weighted by Crippen LogP contribution is 2.35. The molecule has 10 heteroatoms. The van der Waals surface area contributed by atoms with Gasteiger partial charge in [0.25, 0.3) is 0 Å². The number of thioether (sulfide) groups is 1. The largest absolute Gasteiger partial charge is 0.497 e. The van der Waals surface area contributed by atoms with Gasteiger partial charge in [0.05, 0.1) is 12.9 Å². The Morgan fingerprint density at radius 1 is 1.21 bits per heavy atom. The molecule has 1 aromatic heterocycles. The van der Waals surface area contributed by atoms with E-state index in [2.05, 4.69) is 10.2 Å². The molecule has 1 aromatic carbocycles. The summed E-state index contributed by atoms with van der Waals surface area (Å²) in [5, 5.41) is 11.0. The van der Waals surface area contributed by atoms with Crippen LogP contribution in [0.5, 0.6) is 5.75 Å². The number of hydrogen-bond donors (Lipinski definition) is 1. The minimum Gasteiger partial charge on any atom is -0.497 e. The highest BCUT2D eigenvalue weighted by atomic mass is 32.2. The molecule has 1 fully saturated rings. The Morgan fingerprint density at radius 2 is 1.90 bits per heavy atom. The number of carbonyl (C=O) groups is 1. The van der Waals surface area contributed by atoms with E-state index in [4.69, 9.17) is 4.74 Å². The van der Waals surface area contributed by atoms with Crippen molar-refractivity contribution >= 4 is 17.7 Å². The summed E-state index contributed by atoms with van der Waals surface area (Å²) in [6, 6.07) is 7.68. The van der Waals surface area contributed by atoms with Crippen LogP contribution in [0.25, 0.3) is 11.4 Å².